The zero-order valence-corrected chi connectivity index (χ0v) is 12.4. The van der Waals surface area contributed by atoms with E-state index in [-0.39, 0.29) is 16.2 Å². The predicted molar refractivity (Wildman–Crippen MR) is 76.1 cm³/mol. The summed E-state index contributed by atoms with van der Waals surface area (Å²) in [6, 6.07) is 4.99. The molecule has 1 fully saturated rings. The highest BCUT2D eigenvalue weighted by atomic mass is 79.9. The third-order valence-corrected chi connectivity index (χ3v) is 4.09. The lowest BCUT2D eigenvalue weighted by atomic mass is 9.80. The summed E-state index contributed by atoms with van der Waals surface area (Å²) in [5, 5.41) is 14.1. The summed E-state index contributed by atoms with van der Waals surface area (Å²) in [6.45, 7) is 1.38. The fourth-order valence-corrected chi connectivity index (χ4v) is 2.83. The van der Waals surface area contributed by atoms with Crippen LogP contribution in [0.1, 0.15) is 24.8 Å². The van der Waals surface area contributed by atoms with E-state index in [2.05, 4.69) is 21.2 Å². The molecule has 0 unspecified atom stereocenters. The lowest BCUT2D eigenvalue weighted by molar-refractivity contribution is -0.385. The summed E-state index contributed by atoms with van der Waals surface area (Å²) >= 11 is 3.29. The van der Waals surface area contributed by atoms with E-state index in [4.69, 9.17) is 4.74 Å². The predicted octanol–water partition coefficient (Wildman–Crippen LogP) is 3.02. The maximum Gasteiger partial charge on any atom is 0.270 e. The highest BCUT2D eigenvalue weighted by Gasteiger charge is 2.36. The Bertz CT molecular complexity index is 469. The second-order valence-electron chi connectivity index (χ2n) is 4.92. The van der Waals surface area contributed by atoms with Gasteiger partial charge in [0.1, 0.15) is 0 Å². The first kappa shape index (κ1) is 14.4. The van der Waals surface area contributed by atoms with Gasteiger partial charge in [-0.05, 0) is 30.9 Å². The largest absolute Gasteiger partial charge is 0.377 e. The lowest BCUT2D eigenvalue weighted by Crippen LogP contribution is -2.47. The monoisotopic (exact) mass is 328 g/mol. The van der Waals surface area contributed by atoms with Crippen LogP contribution >= 0.6 is 15.9 Å². The van der Waals surface area contributed by atoms with Crippen LogP contribution in [0.25, 0.3) is 0 Å². The molecule has 1 aromatic carbocycles. The van der Waals surface area contributed by atoms with E-state index in [1.54, 1.807) is 13.2 Å². The van der Waals surface area contributed by atoms with Crippen molar-refractivity contribution in [3.05, 3.63) is 38.3 Å². The van der Waals surface area contributed by atoms with Crippen molar-refractivity contribution in [3.8, 4) is 0 Å². The summed E-state index contributed by atoms with van der Waals surface area (Å²) in [5.41, 5.74) is 0.973. The SMILES string of the molecule is COC1(CNCc2cc(Br)cc([N+](=O)[O-])c2)CCC1. The van der Waals surface area contributed by atoms with E-state index in [0.29, 0.717) is 6.54 Å². The van der Waals surface area contributed by atoms with Crippen LogP contribution in [0.2, 0.25) is 0 Å². The molecule has 6 heteroatoms. The molecule has 0 radical (unpaired) electrons. The first-order chi connectivity index (χ1) is 9.04. The topological polar surface area (TPSA) is 64.4 Å². The molecule has 19 heavy (non-hydrogen) atoms. The van der Waals surface area contributed by atoms with Gasteiger partial charge in [0.2, 0.25) is 0 Å². The van der Waals surface area contributed by atoms with Crippen LogP contribution in [0, 0.1) is 10.1 Å². The van der Waals surface area contributed by atoms with Gasteiger partial charge in [0.15, 0.2) is 0 Å². The summed E-state index contributed by atoms with van der Waals surface area (Å²) in [7, 11) is 1.74. The molecular formula is C13H17BrN2O3. The Labute approximate surface area is 120 Å². The number of hydrogen-bond acceptors (Lipinski definition) is 4. The molecule has 0 spiro atoms. The average molecular weight is 329 g/mol. The summed E-state index contributed by atoms with van der Waals surface area (Å²) in [6.07, 6.45) is 3.36. The standard InChI is InChI=1S/C13H17BrN2O3/c1-19-13(3-2-4-13)9-15-8-10-5-11(14)7-12(6-10)16(17)18/h5-7,15H,2-4,8-9H2,1H3. The Morgan fingerprint density at radius 2 is 2.21 bits per heavy atom. The molecule has 0 aliphatic heterocycles. The normalized spacial score (nSPS) is 16.9. The summed E-state index contributed by atoms with van der Waals surface area (Å²) in [5.74, 6) is 0. The van der Waals surface area contributed by atoms with Crippen LogP contribution < -0.4 is 5.32 Å². The van der Waals surface area contributed by atoms with Crippen molar-refractivity contribution in [1.29, 1.82) is 0 Å². The van der Waals surface area contributed by atoms with E-state index < -0.39 is 0 Å². The molecule has 0 aromatic heterocycles. The molecule has 0 saturated heterocycles. The van der Waals surface area contributed by atoms with E-state index >= 15 is 0 Å². The minimum absolute atomic E-state index is 0.0298. The van der Waals surface area contributed by atoms with Gasteiger partial charge in [-0.3, -0.25) is 10.1 Å². The number of nitro benzene ring substituents is 1. The van der Waals surface area contributed by atoms with Gasteiger partial charge in [-0.15, -0.1) is 0 Å². The molecule has 1 aliphatic rings. The smallest absolute Gasteiger partial charge is 0.270 e. The lowest BCUT2D eigenvalue weighted by Gasteiger charge is -2.40. The number of nitrogens with zero attached hydrogens (tertiary/aromatic N) is 1. The maximum absolute atomic E-state index is 10.8. The average Bonchev–Trinajstić information content (AvgIpc) is 2.32. The first-order valence-corrected chi connectivity index (χ1v) is 7.04. The van der Waals surface area contributed by atoms with Gasteiger partial charge < -0.3 is 10.1 Å². The molecule has 1 saturated carbocycles. The van der Waals surface area contributed by atoms with Gasteiger partial charge in [-0.2, -0.15) is 0 Å². The number of benzene rings is 1. The molecule has 1 aromatic rings. The van der Waals surface area contributed by atoms with Crippen molar-refractivity contribution in [2.24, 2.45) is 0 Å². The third kappa shape index (κ3) is 3.52. The van der Waals surface area contributed by atoms with Crippen molar-refractivity contribution >= 4 is 21.6 Å². The summed E-state index contributed by atoms with van der Waals surface area (Å²) in [4.78, 5) is 10.4. The molecule has 2 rings (SSSR count). The number of nitrogens with one attached hydrogen (secondary N) is 1. The molecule has 0 heterocycles. The number of ether oxygens (including phenoxy) is 1. The van der Waals surface area contributed by atoms with Crippen LogP contribution in [0.15, 0.2) is 22.7 Å². The number of hydrogen-bond donors (Lipinski definition) is 1. The van der Waals surface area contributed by atoms with Gasteiger partial charge in [-0.25, -0.2) is 0 Å². The highest BCUT2D eigenvalue weighted by molar-refractivity contribution is 9.10. The van der Waals surface area contributed by atoms with E-state index in [9.17, 15) is 10.1 Å². The zero-order chi connectivity index (χ0) is 13.9. The molecule has 0 atom stereocenters. The fraction of sp³-hybridized carbons (Fsp3) is 0.538. The van der Waals surface area contributed by atoms with Crippen LogP contribution in [0.3, 0.4) is 0 Å². The minimum atomic E-state index is -0.378. The molecular weight excluding hydrogens is 312 g/mol. The number of rotatable bonds is 6. The molecule has 104 valence electrons. The third-order valence-electron chi connectivity index (χ3n) is 3.63. The number of methoxy groups -OCH3 is 1. The molecule has 1 N–H and O–H groups in total. The summed E-state index contributed by atoms with van der Waals surface area (Å²) < 4.78 is 6.24. The van der Waals surface area contributed by atoms with E-state index in [0.717, 1.165) is 29.4 Å². The van der Waals surface area contributed by atoms with E-state index in [1.165, 1.54) is 12.5 Å². The van der Waals surface area contributed by atoms with Crippen molar-refractivity contribution in [2.75, 3.05) is 13.7 Å². The van der Waals surface area contributed by atoms with Crippen LogP contribution in [-0.4, -0.2) is 24.2 Å². The van der Waals surface area contributed by atoms with Crippen molar-refractivity contribution in [1.82, 2.24) is 5.32 Å². The fourth-order valence-electron chi connectivity index (χ4n) is 2.30. The Morgan fingerprint density at radius 1 is 1.47 bits per heavy atom. The van der Waals surface area contributed by atoms with Crippen molar-refractivity contribution < 1.29 is 9.66 Å². The number of halogens is 1. The van der Waals surface area contributed by atoms with Gasteiger partial charge in [-0.1, -0.05) is 15.9 Å². The Morgan fingerprint density at radius 3 is 2.74 bits per heavy atom. The van der Waals surface area contributed by atoms with Crippen molar-refractivity contribution in [2.45, 2.75) is 31.4 Å². The minimum Gasteiger partial charge on any atom is -0.377 e. The quantitative estimate of drug-likeness (QED) is 0.644. The van der Waals surface area contributed by atoms with Crippen LogP contribution in [0.4, 0.5) is 5.69 Å². The number of non-ortho nitro benzene ring substituents is 1. The molecule has 0 amide bonds. The Kier molecular flexibility index (Phi) is 4.54. The van der Waals surface area contributed by atoms with Crippen LogP contribution in [-0.2, 0) is 11.3 Å². The zero-order valence-electron chi connectivity index (χ0n) is 10.8. The van der Waals surface area contributed by atoms with Gasteiger partial charge in [0, 0.05) is 36.8 Å². The second-order valence-corrected chi connectivity index (χ2v) is 5.83. The van der Waals surface area contributed by atoms with Gasteiger partial charge >= 0.3 is 0 Å². The Hall–Kier alpha value is -0.980. The second kappa shape index (κ2) is 5.98. The number of nitro groups is 1. The Balaban J connectivity index is 1.94. The first-order valence-electron chi connectivity index (χ1n) is 6.24. The van der Waals surface area contributed by atoms with E-state index in [1.807, 2.05) is 6.07 Å². The van der Waals surface area contributed by atoms with Gasteiger partial charge in [0.05, 0.1) is 10.5 Å². The van der Waals surface area contributed by atoms with Crippen molar-refractivity contribution in [3.63, 3.8) is 0 Å². The highest BCUT2D eigenvalue weighted by Crippen LogP contribution is 2.34. The molecule has 1 aliphatic carbocycles. The molecule has 5 nitrogen and oxygen atoms in total. The van der Waals surface area contributed by atoms with Crippen LogP contribution in [0.5, 0.6) is 0 Å². The molecule has 0 bridgehead atoms. The maximum atomic E-state index is 10.8. The van der Waals surface area contributed by atoms with Gasteiger partial charge in [0.25, 0.3) is 5.69 Å².